The van der Waals surface area contributed by atoms with E-state index >= 15 is 0 Å². The van der Waals surface area contributed by atoms with E-state index in [1.165, 1.54) is 0 Å². The standard InChI is InChI=1S/C25H21N7.C15H11N3.Ru/c1-31(2)19-11-9-18(10-12-19)25-17-32(30-29-25)20-15-23(21-7-3-5-13-26-21)28-24(16-20)22-8-4-6-14-27-22;1-3-10-16-12(6-1)14-8-5-9-15(18-14)13-7-2-4-11-17-13;/h3-17H,1-2H3;1-11H;. The third kappa shape index (κ3) is 8.47. The molecule has 7 aromatic heterocycles. The molecule has 7 heterocycles. The minimum atomic E-state index is 0. The Bertz CT molecular complexity index is 2170. The van der Waals surface area contributed by atoms with Gasteiger partial charge in [-0.1, -0.05) is 47.7 Å². The second-order valence-electron chi connectivity index (χ2n) is 11.4. The van der Waals surface area contributed by atoms with Gasteiger partial charge in [0.1, 0.15) is 5.69 Å². The molecule has 1 aromatic carbocycles. The molecule has 250 valence electrons. The van der Waals surface area contributed by atoms with Gasteiger partial charge in [-0.15, -0.1) is 5.10 Å². The molecular weight excluding hydrogens is 722 g/mol. The predicted octanol–water partition coefficient (Wildman–Crippen LogP) is 7.72. The summed E-state index contributed by atoms with van der Waals surface area (Å²) < 4.78 is 1.76. The van der Waals surface area contributed by atoms with Crippen molar-refractivity contribution in [2.24, 2.45) is 0 Å². The van der Waals surface area contributed by atoms with E-state index in [1.807, 2.05) is 123 Å². The van der Waals surface area contributed by atoms with Gasteiger partial charge in [0.25, 0.3) is 0 Å². The zero-order chi connectivity index (χ0) is 34.1. The molecule has 0 aliphatic carbocycles. The van der Waals surface area contributed by atoms with Crippen LogP contribution in [-0.4, -0.2) is 59.0 Å². The smallest absolute Gasteiger partial charge is 0.113 e. The number of anilines is 1. The number of hydrogen-bond donors (Lipinski definition) is 0. The van der Waals surface area contributed by atoms with Gasteiger partial charge < -0.3 is 4.90 Å². The molecule has 0 aliphatic heterocycles. The van der Waals surface area contributed by atoms with E-state index in [0.29, 0.717) is 0 Å². The minimum Gasteiger partial charge on any atom is -0.378 e. The largest absolute Gasteiger partial charge is 0.378 e. The van der Waals surface area contributed by atoms with Crippen LogP contribution in [0.3, 0.4) is 0 Å². The zero-order valence-electron chi connectivity index (χ0n) is 27.8. The van der Waals surface area contributed by atoms with Crippen LogP contribution >= 0.6 is 0 Å². The Labute approximate surface area is 308 Å². The second kappa shape index (κ2) is 16.4. The van der Waals surface area contributed by atoms with Crippen LogP contribution in [0.15, 0.2) is 158 Å². The van der Waals surface area contributed by atoms with Crippen LogP contribution in [0.1, 0.15) is 0 Å². The maximum absolute atomic E-state index is 4.80. The number of hydrogen-bond acceptors (Lipinski definition) is 9. The summed E-state index contributed by atoms with van der Waals surface area (Å²) in [6, 6.07) is 41.2. The van der Waals surface area contributed by atoms with Crippen LogP contribution in [0.4, 0.5) is 5.69 Å². The summed E-state index contributed by atoms with van der Waals surface area (Å²) in [6.07, 6.45) is 8.98. The summed E-state index contributed by atoms with van der Waals surface area (Å²) in [5.41, 5.74) is 10.3. The molecule has 0 amide bonds. The van der Waals surface area contributed by atoms with Gasteiger partial charge in [0.2, 0.25) is 0 Å². The molecule has 0 aliphatic rings. The molecule has 11 heteroatoms. The molecule has 0 unspecified atom stereocenters. The van der Waals surface area contributed by atoms with E-state index in [2.05, 4.69) is 64.4 Å². The van der Waals surface area contributed by atoms with Crippen molar-refractivity contribution in [1.29, 1.82) is 0 Å². The van der Waals surface area contributed by atoms with E-state index in [4.69, 9.17) is 4.98 Å². The molecule has 0 spiro atoms. The monoisotopic (exact) mass is 754 g/mol. The molecule has 0 bridgehead atoms. The predicted molar refractivity (Wildman–Crippen MR) is 196 cm³/mol. The van der Waals surface area contributed by atoms with Crippen molar-refractivity contribution in [3.63, 3.8) is 0 Å². The van der Waals surface area contributed by atoms with Gasteiger partial charge in [0.05, 0.1) is 57.4 Å². The summed E-state index contributed by atoms with van der Waals surface area (Å²) in [6.45, 7) is 0. The van der Waals surface area contributed by atoms with Gasteiger partial charge in [-0.25, -0.2) is 14.6 Å². The van der Waals surface area contributed by atoms with Gasteiger partial charge >= 0.3 is 0 Å². The number of aromatic nitrogens is 9. The summed E-state index contributed by atoms with van der Waals surface area (Å²) in [7, 11) is 4.04. The van der Waals surface area contributed by atoms with Crippen LogP contribution < -0.4 is 4.90 Å². The molecule has 0 saturated carbocycles. The molecule has 51 heavy (non-hydrogen) atoms. The number of benzene rings is 1. The summed E-state index contributed by atoms with van der Waals surface area (Å²) >= 11 is 0. The van der Waals surface area contributed by atoms with Crippen LogP contribution in [0, 0.1) is 0 Å². The van der Waals surface area contributed by atoms with Gasteiger partial charge in [0.15, 0.2) is 0 Å². The maximum Gasteiger partial charge on any atom is 0.113 e. The molecule has 8 rings (SSSR count). The van der Waals surface area contributed by atoms with Crippen LogP contribution in [0.5, 0.6) is 0 Å². The Morgan fingerprint density at radius 3 is 1.31 bits per heavy atom. The molecule has 0 fully saturated rings. The molecule has 10 nitrogen and oxygen atoms in total. The number of pyridine rings is 6. The maximum atomic E-state index is 4.80. The summed E-state index contributed by atoms with van der Waals surface area (Å²) in [5, 5.41) is 8.77. The third-order valence-electron chi connectivity index (χ3n) is 7.71. The second-order valence-corrected chi connectivity index (χ2v) is 11.4. The van der Waals surface area contributed by atoms with Crippen molar-refractivity contribution in [3.8, 4) is 62.5 Å². The van der Waals surface area contributed by atoms with Crippen molar-refractivity contribution in [2.75, 3.05) is 19.0 Å². The normalized spacial score (nSPS) is 10.4. The first-order valence-electron chi connectivity index (χ1n) is 16.0. The van der Waals surface area contributed by atoms with Crippen molar-refractivity contribution in [3.05, 3.63) is 158 Å². The van der Waals surface area contributed by atoms with Gasteiger partial charge in [-0.05, 0) is 84.9 Å². The Morgan fingerprint density at radius 2 is 0.882 bits per heavy atom. The van der Waals surface area contributed by atoms with Gasteiger partial charge in [-0.3, -0.25) is 19.9 Å². The topological polar surface area (TPSA) is 111 Å². The van der Waals surface area contributed by atoms with Crippen molar-refractivity contribution in [1.82, 2.24) is 44.9 Å². The van der Waals surface area contributed by atoms with Crippen LogP contribution in [0.25, 0.3) is 62.5 Å². The van der Waals surface area contributed by atoms with Crippen molar-refractivity contribution in [2.45, 2.75) is 0 Å². The van der Waals surface area contributed by atoms with Crippen molar-refractivity contribution < 1.29 is 19.5 Å². The molecular formula is C40H32N10Ru. The number of nitrogens with zero attached hydrogens (tertiary/aromatic N) is 10. The quantitative estimate of drug-likeness (QED) is 0.151. The molecule has 0 atom stereocenters. The average Bonchev–Trinajstić information content (AvgIpc) is 3.70. The summed E-state index contributed by atoms with van der Waals surface area (Å²) in [5.74, 6) is 0. The fraction of sp³-hybridized carbons (Fsp3) is 0.0500. The molecule has 0 radical (unpaired) electrons. The Morgan fingerprint density at radius 1 is 0.451 bits per heavy atom. The van der Waals surface area contributed by atoms with Crippen LogP contribution in [-0.2, 0) is 19.5 Å². The Balaban J connectivity index is 0.000000200. The van der Waals surface area contributed by atoms with E-state index in [0.717, 1.165) is 68.2 Å². The fourth-order valence-electron chi connectivity index (χ4n) is 5.14. The number of rotatable bonds is 7. The van der Waals surface area contributed by atoms with Crippen molar-refractivity contribution >= 4 is 5.69 Å². The van der Waals surface area contributed by atoms with Gasteiger partial charge in [0, 0.05) is 69.6 Å². The van der Waals surface area contributed by atoms with Crippen LogP contribution in [0.2, 0.25) is 0 Å². The molecule has 0 N–H and O–H groups in total. The van der Waals surface area contributed by atoms with E-state index in [9.17, 15) is 0 Å². The van der Waals surface area contributed by atoms with Gasteiger partial charge in [-0.2, -0.15) is 0 Å². The minimum absolute atomic E-state index is 0. The average molecular weight is 754 g/mol. The molecule has 8 aromatic rings. The third-order valence-corrected chi connectivity index (χ3v) is 7.71. The first kappa shape index (κ1) is 34.5. The first-order valence-corrected chi connectivity index (χ1v) is 16.0. The fourth-order valence-corrected chi connectivity index (χ4v) is 5.14. The Kier molecular flexibility index (Phi) is 11.1. The molecule has 0 saturated heterocycles. The summed E-state index contributed by atoms with van der Waals surface area (Å²) in [4.78, 5) is 29.0. The first-order chi connectivity index (χ1) is 24.6. The Hall–Kier alpha value is -6.32. The SMILES string of the molecule is CN(C)c1ccc(-c2cn(-c3cc(-c4ccccn4)nc(-c4ccccn4)c3)nn2)cc1.[Ru].c1ccc(-c2cccc(-c3ccccn3)n2)nc1. The zero-order valence-corrected chi connectivity index (χ0v) is 29.6. The van der Waals surface area contributed by atoms with E-state index in [-0.39, 0.29) is 19.5 Å². The van der Waals surface area contributed by atoms with E-state index < -0.39 is 0 Å². The van der Waals surface area contributed by atoms with E-state index in [1.54, 1.807) is 29.5 Å².